The second-order valence-electron chi connectivity index (χ2n) is 8.51. The highest BCUT2D eigenvalue weighted by Gasteiger charge is 2.19. The van der Waals surface area contributed by atoms with Crippen LogP contribution in [0.1, 0.15) is 43.2 Å². The highest BCUT2D eigenvalue weighted by Crippen LogP contribution is 2.18. The van der Waals surface area contributed by atoms with Crippen LogP contribution in [0.3, 0.4) is 0 Å². The van der Waals surface area contributed by atoms with E-state index in [-0.39, 0.29) is 18.0 Å². The molecule has 1 atom stereocenters. The molecule has 0 saturated carbocycles. The molecule has 1 aromatic heterocycles. The zero-order chi connectivity index (χ0) is 22.9. The monoisotopic (exact) mass is 454 g/mol. The number of likely N-dealkylation sites (tertiary alicyclic amines) is 1. The van der Waals surface area contributed by atoms with Gasteiger partial charge in [0.05, 0.1) is 0 Å². The van der Waals surface area contributed by atoms with Gasteiger partial charge >= 0.3 is 0 Å². The molecule has 2 fully saturated rings. The third kappa shape index (κ3) is 7.63. The fraction of sp³-hybridized carbons (Fsp3) is 0.440. The number of pyridine rings is 1. The zero-order valence-corrected chi connectivity index (χ0v) is 18.7. The van der Waals surface area contributed by atoms with Crippen LogP contribution in [0.15, 0.2) is 48.7 Å². The quantitative estimate of drug-likeness (QED) is 0.466. The molecule has 7 nitrogen and oxygen atoms in total. The molecule has 4 rings (SSSR count). The minimum Gasteiger partial charge on any atom is -0.367 e. The number of hydroxylamine groups is 1. The third-order valence-corrected chi connectivity index (χ3v) is 5.90. The van der Waals surface area contributed by atoms with Crippen LogP contribution in [-0.4, -0.2) is 47.8 Å². The zero-order valence-electron chi connectivity index (χ0n) is 18.7. The maximum absolute atomic E-state index is 13.1. The van der Waals surface area contributed by atoms with Gasteiger partial charge in [0.2, 0.25) is 0 Å². The van der Waals surface area contributed by atoms with E-state index in [2.05, 4.69) is 20.7 Å². The van der Waals surface area contributed by atoms with E-state index in [4.69, 9.17) is 9.57 Å². The number of nitrogens with one attached hydrogen (secondary N) is 2. The molecule has 2 aliphatic rings. The largest absolute Gasteiger partial charge is 0.367 e. The molecule has 1 aromatic carbocycles. The molecule has 3 heterocycles. The van der Waals surface area contributed by atoms with E-state index in [9.17, 15) is 9.18 Å². The summed E-state index contributed by atoms with van der Waals surface area (Å²) in [4.78, 5) is 24.0. The topological polar surface area (TPSA) is 75.7 Å². The molecule has 2 saturated heterocycles. The van der Waals surface area contributed by atoms with Crippen molar-refractivity contribution < 1.29 is 18.8 Å². The lowest BCUT2D eigenvalue weighted by Gasteiger charge is -2.32. The Hall–Kier alpha value is -2.81. The van der Waals surface area contributed by atoms with E-state index < -0.39 is 0 Å². The van der Waals surface area contributed by atoms with Gasteiger partial charge in [-0.15, -0.1) is 0 Å². The summed E-state index contributed by atoms with van der Waals surface area (Å²) in [5, 5.41) is 3.50. The smallest absolute Gasteiger partial charge is 0.267 e. The standard InChI is InChI=1S/C25H31FN4O3/c26-21-8-4-20(5-9-21)18-30-14-12-22(13-15-30)28-23-10-6-19(17-27-23)7-11-24(31)29-33-25-3-1-2-16-32-25/h4-11,17,22,25H,1-3,12-16,18H2,(H,27,28)(H,29,31). The molecule has 0 bridgehead atoms. The van der Waals surface area contributed by atoms with Crippen LogP contribution in [0.2, 0.25) is 0 Å². The van der Waals surface area contributed by atoms with Crippen LogP contribution in [0.25, 0.3) is 6.08 Å². The Morgan fingerprint density at radius 2 is 1.97 bits per heavy atom. The minimum absolute atomic E-state index is 0.197. The Labute approximate surface area is 193 Å². The summed E-state index contributed by atoms with van der Waals surface area (Å²) in [5.74, 6) is 0.294. The summed E-state index contributed by atoms with van der Waals surface area (Å²) in [6.07, 6.45) is 9.40. The first-order valence-electron chi connectivity index (χ1n) is 11.6. The normalized spacial score (nSPS) is 20.1. The van der Waals surface area contributed by atoms with Gasteiger partial charge in [0.1, 0.15) is 11.6 Å². The van der Waals surface area contributed by atoms with Crippen LogP contribution in [-0.2, 0) is 20.9 Å². The highest BCUT2D eigenvalue weighted by atomic mass is 19.1. The van der Waals surface area contributed by atoms with Gasteiger partial charge in [-0.25, -0.2) is 19.7 Å². The van der Waals surface area contributed by atoms with Crippen molar-refractivity contribution in [3.05, 3.63) is 65.6 Å². The molecule has 176 valence electrons. The number of halogens is 1. The van der Waals surface area contributed by atoms with Crippen LogP contribution >= 0.6 is 0 Å². The molecule has 2 N–H and O–H groups in total. The highest BCUT2D eigenvalue weighted by molar-refractivity contribution is 5.90. The lowest BCUT2D eigenvalue weighted by atomic mass is 10.0. The van der Waals surface area contributed by atoms with Crippen molar-refractivity contribution in [1.82, 2.24) is 15.4 Å². The Balaban J connectivity index is 1.17. The third-order valence-electron chi connectivity index (χ3n) is 5.90. The second-order valence-corrected chi connectivity index (χ2v) is 8.51. The summed E-state index contributed by atoms with van der Waals surface area (Å²) in [5.41, 5.74) is 4.37. The number of rotatable bonds is 8. The molecule has 8 heteroatoms. The fourth-order valence-corrected chi connectivity index (χ4v) is 4.02. The van der Waals surface area contributed by atoms with E-state index in [0.29, 0.717) is 12.6 Å². The molecule has 2 aromatic rings. The summed E-state index contributed by atoms with van der Waals surface area (Å²) < 4.78 is 18.5. The van der Waals surface area contributed by atoms with E-state index >= 15 is 0 Å². The number of ether oxygens (including phenoxy) is 1. The van der Waals surface area contributed by atoms with Gasteiger partial charge in [-0.05, 0) is 67.2 Å². The second kappa shape index (κ2) is 11.9. The Bertz CT molecular complexity index is 906. The van der Waals surface area contributed by atoms with Gasteiger partial charge in [-0.2, -0.15) is 0 Å². The first kappa shape index (κ1) is 23.4. The molecule has 0 aliphatic carbocycles. The minimum atomic E-state index is -0.363. The maximum Gasteiger partial charge on any atom is 0.267 e. The average Bonchev–Trinajstić information content (AvgIpc) is 2.85. The molecular formula is C25H31FN4O3. The molecule has 2 aliphatic heterocycles. The van der Waals surface area contributed by atoms with Crippen LogP contribution < -0.4 is 10.8 Å². The molecule has 1 unspecified atom stereocenters. The predicted octanol–water partition coefficient (Wildman–Crippen LogP) is 3.88. The van der Waals surface area contributed by atoms with Crippen molar-refractivity contribution in [2.45, 2.75) is 51.0 Å². The lowest BCUT2D eigenvalue weighted by molar-refractivity contribution is -0.198. The van der Waals surface area contributed by atoms with E-state index in [0.717, 1.165) is 68.7 Å². The van der Waals surface area contributed by atoms with Crippen molar-refractivity contribution in [3.8, 4) is 0 Å². The van der Waals surface area contributed by atoms with Crippen LogP contribution in [0, 0.1) is 5.82 Å². The summed E-state index contributed by atoms with van der Waals surface area (Å²) in [6, 6.07) is 10.9. The number of hydrogen-bond donors (Lipinski definition) is 2. The van der Waals surface area contributed by atoms with Crippen molar-refractivity contribution >= 4 is 17.8 Å². The number of amides is 1. The molecular weight excluding hydrogens is 423 g/mol. The first-order valence-corrected chi connectivity index (χ1v) is 11.6. The lowest BCUT2D eigenvalue weighted by Crippen LogP contribution is -2.38. The summed E-state index contributed by atoms with van der Waals surface area (Å²) in [7, 11) is 0. The van der Waals surface area contributed by atoms with Crippen LogP contribution in [0.5, 0.6) is 0 Å². The van der Waals surface area contributed by atoms with Gasteiger partial charge < -0.3 is 10.1 Å². The van der Waals surface area contributed by atoms with Gasteiger partial charge in [0.15, 0.2) is 6.29 Å². The van der Waals surface area contributed by atoms with Gasteiger partial charge in [0.25, 0.3) is 5.91 Å². The molecule has 33 heavy (non-hydrogen) atoms. The number of hydrogen-bond acceptors (Lipinski definition) is 6. The van der Waals surface area contributed by atoms with Crippen molar-refractivity contribution in [2.24, 2.45) is 0 Å². The number of anilines is 1. The van der Waals surface area contributed by atoms with Gasteiger partial charge in [-0.3, -0.25) is 9.69 Å². The van der Waals surface area contributed by atoms with E-state index in [1.807, 2.05) is 24.3 Å². The first-order chi connectivity index (χ1) is 16.1. The van der Waals surface area contributed by atoms with Crippen molar-refractivity contribution in [2.75, 3.05) is 25.0 Å². The van der Waals surface area contributed by atoms with Crippen molar-refractivity contribution in [1.29, 1.82) is 0 Å². The van der Waals surface area contributed by atoms with Crippen LogP contribution in [0.4, 0.5) is 10.2 Å². The predicted molar refractivity (Wildman–Crippen MR) is 124 cm³/mol. The number of carbonyl (C=O) groups excluding carboxylic acids is 1. The van der Waals surface area contributed by atoms with Gasteiger partial charge in [-0.1, -0.05) is 12.1 Å². The van der Waals surface area contributed by atoms with E-state index in [1.165, 1.54) is 18.2 Å². The Kier molecular flexibility index (Phi) is 8.41. The number of benzene rings is 1. The fourth-order valence-electron chi connectivity index (χ4n) is 4.02. The molecule has 0 spiro atoms. The van der Waals surface area contributed by atoms with Gasteiger partial charge in [0, 0.05) is 51.0 Å². The number of piperidine rings is 1. The maximum atomic E-state index is 13.1. The molecule has 1 amide bonds. The SMILES string of the molecule is O=C(C=Cc1ccc(NC2CCN(Cc3ccc(F)cc3)CC2)nc1)NOC1CCCCO1. The molecule has 0 radical (unpaired) electrons. The Morgan fingerprint density at radius 3 is 2.67 bits per heavy atom. The Morgan fingerprint density at radius 1 is 1.15 bits per heavy atom. The summed E-state index contributed by atoms with van der Waals surface area (Å²) >= 11 is 0. The van der Waals surface area contributed by atoms with Crippen molar-refractivity contribution in [3.63, 3.8) is 0 Å². The number of carbonyl (C=O) groups is 1. The average molecular weight is 455 g/mol. The number of nitrogens with zero attached hydrogens (tertiary/aromatic N) is 2. The van der Waals surface area contributed by atoms with E-state index in [1.54, 1.807) is 12.3 Å². The number of aromatic nitrogens is 1. The summed E-state index contributed by atoms with van der Waals surface area (Å²) in [6.45, 7) is 3.48.